The van der Waals surface area contributed by atoms with Crippen LogP contribution in [-0.4, -0.2) is 160 Å². The highest BCUT2D eigenvalue weighted by Crippen LogP contribution is 2.11. The molecule has 1 fully saturated rings. The predicted molar refractivity (Wildman–Crippen MR) is 260 cm³/mol. The van der Waals surface area contributed by atoms with Gasteiger partial charge in [-0.3, -0.25) is 57.7 Å². The fourth-order valence-corrected chi connectivity index (χ4v) is 8.07. The summed E-state index contributed by atoms with van der Waals surface area (Å²) in [4.78, 5) is 148. The molecule has 1 saturated heterocycles. The van der Waals surface area contributed by atoms with Crippen molar-refractivity contribution in [2.75, 3.05) is 42.0 Å². The van der Waals surface area contributed by atoms with E-state index in [1.807, 2.05) is 0 Å². The van der Waals surface area contributed by atoms with E-state index in [2.05, 4.69) is 65.5 Å². The van der Waals surface area contributed by atoms with Gasteiger partial charge in [-0.1, -0.05) is 30.3 Å². The third kappa shape index (κ3) is 24.0. The summed E-state index contributed by atoms with van der Waals surface area (Å²) in [6, 6.07) is -1.41. The average molecular weight is 1030 g/mol. The van der Waals surface area contributed by atoms with Crippen LogP contribution in [0.15, 0.2) is 35.3 Å². The highest BCUT2D eigenvalue weighted by Gasteiger charge is 2.33. The Morgan fingerprint density at radius 3 is 1.99 bits per heavy atom. The first kappa shape index (κ1) is 58.8. The lowest BCUT2D eigenvalue weighted by Gasteiger charge is -2.25. The van der Waals surface area contributed by atoms with Crippen molar-refractivity contribution in [3.05, 3.63) is 35.9 Å². The maximum absolute atomic E-state index is 13.9. The largest absolute Gasteiger partial charge is 0.481 e. The number of nitrogens with zero attached hydrogens (tertiary/aromatic N) is 1. The summed E-state index contributed by atoms with van der Waals surface area (Å²) < 4.78 is 0. The number of carboxylic acid groups (broad SMARTS) is 1. The van der Waals surface area contributed by atoms with Gasteiger partial charge >= 0.3 is 5.97 Å². The molecule has 69 heavy (non-hydrogen) atoms. The molecular weight excluding hydrogens is 963 g/mol. The zero-order valence-electron chi connectivity index (χ0n) is 38.2. The van der Waals surface area contributed by atoms with Crippen molar-refractivity contribution in [2.45, 2.75) is 101 Å². The topological polar surface area (TPSA) is 407 Å². The monoisotopic (exact) mass is 1030 g/mol. The number of guanidine groups is 1. The Kier molecular flexibility index (Phi) is 27.0. The number of thioether (sulfide) groups is 2. The molecule has 1 heterocycles. The van der Waals surface area contributed by atoms with E-state index in [0.717, 1.165) is 23.5 Å². The van der Waals surface area contributed by atoms with Crippen LogP contribution < -0.4 is 65.1 Å². The SMILES string of the molecule is CC(=O)NCCCC[C@@H]1NC(=O)CSC[C@@H](C(N)=O)NC(=O)[C@H](Cc2ccccc2)NC(=O)[C@H](C)NC(=O)[C@H](CC(=O)O)NC(=O)CNC(=O)[C@H](CCCN=C(N)N)NC(=O)[C@H](CSCS)NC1=O. The van der Waals surface area contributed by atoms with E-state index in [1.54, 1.807) is 30.3 Å². The molecule has 1 aliphatic heterocycles. The van der Waals surface area contributed by atoms with Gasteiger partial charge in [0.25, 0.3) is 0 Å². The minimum atomic E-state index is -1.77. The van der Waals surface area contributed by atoms with Gasteiger partial charge in [0.05, 0.1) is 18.7 Å². The number of benzene rings is 1. The number of nitrogens with one attached hydrogen (secondary N) is 9. The molecule has 382 valence electrons. The minimum absolute atomic E-state index is 0.0336. The van der Waals surface area contributed by atoms with Gasteiger partial charge in [0.15, 0.2) is 5.96 Å². The van der Waals surface area contributed by atoms with Gasteiger partial charge < -0.3 is 70.2 Å². The second-order valence-corrected chi connectivity index (χ2v) is 18.4. The summed E-state index contributed by atoms with van der Waals surface area (Å²) in [6.07, 6.45) is -0.213. The molecule has 1 aliphatic rings. The van der Waals surface area contributed by atoms with Crippen LogP contribution in [0, 0.1) is 0 Å². The molecule has 16 N–H and O–H groups in total. The van der Waals surface area contributed by atoms with E-state index in [0.29, 0.717) is 18.4 Å². The molecule has 1 aromatic carbocycles. The van der Waals surface area contributed by atoms with Gasteiger partial charge in [-0.2, -0.15) is 12.6 Å². The van der Waals surface area contributed by atoms with Crippen LogP contribution in [0.3, 0.4) is 0 Å². The Hall–Kier alpha value is -6.29. The molecule has 10 amide bonds. The van der Waals surface area contributed by atoms with Crippen LogP contribution in [0.2, 0.25) is 0 Å². The van der Waals surface area contributed by atoms with E-state index in [4.69, 9.17) is 17.2 Å². The quantitative estimate of drug-likeness (QED) is 0.0230. The molecule has 1 aromatic rings. The van der Waals surface area contributed by atoms with Crippen LogP contribution in [0.25, 0.3) is 0 Å². The first-order valence-corrected chi connectivity index (χ1v) is 24.6. The van der Waals surface area contributed by atoms with E-state index in [1.165, 1.54) is 13.8 Å². The van der Waals surface area contributed by atoms with Gasteiger partial charge in [-0.15, -0.1) is 23.5 Å². The number of unbranched alkanes of at least 4 members (excludes halogenated alkanes) is 1. The summed E-state index contributed by atoms with van der Waals surface area (Å²) in [7, 11) is 0. The molecule has 0 aliphatic carbocycles. The highest BCUT2D eigenvalue weighted by molar-refractivity contribution is 8.09. The molecule has 0 saturated carbocycles. The molecule has 7 atom stereocenters. The zero-order valence-corrected chi connectivity index (χ0v) is 40.7. The second kappa shape index (κ2) is 31.7. The number of primary amides is 1. The summed E-state index contributed by atoms with van der Waals surface area (Å²) in [6.45, 7) is 2.06. The lowest BCUT2D eigenvalue weighted by molar-refractivity contribution is -0.141. The average Bonchev–Trinajstić information content (AvgIpc) is 3.28. The number of carbonyl (C=O) groups excluding carboxylic acids is 10. The third-order valence-electron chi connectivity index (χ3n) is 9.83. The predicted octanol–water partition coefficient (Wildman–Crippen LogP) is -4.55. The smallest absolute Gasteiger partial charge is 0.305 e. The molecule has 0 spiro atoms. The van der Waals surface area contributed by atoms with Crippen LogP contribution in [0.1, 0.15) is 57.9 Å². The second-order valence-electron chi connectivity index (χ2n) is 15.6. The molecule has 0 radical (unpaired) electrons. The lowest BCUT2D eigenvalue weighted by Crippen LogP contribution is -2.59. The Labute approximate surface area is 412 Å². The number of aliphatic imine (C=N–C) groups is 1. The Bertz CT molecular complexity index is 2000. The van der Waals surface area contributed by atoms with Gasteiger partial charge in [-0.05, 0) is 44.6 Å². The maximum atomic E-state index is 13.9. The van der Waals surface area contributed by atoms with Crippen molar-refractivity contribution < 1.29 is 57.8 Å². The maximum Gasteiger partial charge on any atom is 0.305 e. The zero-order chi connectivity index (χ0) is 51.5. The Balaban J connectivity index is 2.58. The lowest BCUT2D eigenvalue weighted by atomic mass is 10.0. The van der Waals surface area contributed by atoms with Crippen LogP contribution in [0.4, 0.5) is 0 Å². The number of carbonyl (C=O) groups is 11. The van der Waals surface area contributed by atoms with Crippen molar-refractivity contribution in [3.8, 4) is 0 Å². The first-order chi connectivity index (χ1) is 32.7. The van der Waals surface area contributed by atoms with E-state index in [-0.39, 0.29) is 73.0 Å². The number of aliphatic carboxylic acids is 1. The van der Waals surface area contributed by atoms with Gasteiger partial charge in [-0.25, -0.2) is 0 Å². The number of hydrogen-bond acceptors (Lipinski definition) is 15. The molecule has 0 aromatic heterocycles. The first-order valence-electron chi connectivity index (χ1n) is 21.7. The normalized spacial score (nSPS) is 23.1. The fraction of sp³-hybridized carbons (Fsp3) is 0.561. The molecular formula is C41H63N13O12S3. The number of thiol groups is 1. The fourth-order valence-electron chi connectivity index (χ4n) is 6.31. The molecule has 0 bridgehead atoms. The number of carboxylic acids is 1. The van der Waals surface area contributed by atoms with Gasteiger partial charge in [0.1, 0.15) is 42.3 Å². The molecule has 2 rings (SSSR count). The number of amides is 10. The van der Waals surface area contributed by atoms with E-state index >= 15 is 0 Å². The van der Waals surface area contributed by atoms with Gasteiger partial charge in [0, 0.05) is 43.0 Å². The minimum Gasteiger partial charge on any atom is -0.481 e. The molecule has 28 heteroatoms. The Morgan fingerprint density at radius 1 is 0.754 bits per heavy atom. The number of rotatable bonds is 17. The van der Waals surface area contributed by atoms with Crippen molar-refractivity contribution in [3.63, 3.8) is 0 Å². The van der Waals surface area contributed by atoms with Crippen molar-refractivity contribution in [1.82, 2.24) is 47.9 Å². The number of nitrogens with two attached hydrogens (primary N) is 3. The molecule has 25 nitrogen and oxygen atoms in total. The van der Waals surface area contributed by atoms with Crippen LogP contribution in [0.5, 0.6) is 0 Å². The summed E-state index contributed by atoms with van der Waals surface area (Å²) in [5.41, 5.74) is 17.1. The summed E-state index contributed by atoms with van der Waals surface area (Å²) in [5.74, 6) is -10.7. The van der Waals surface area contributed by atoms with Gasteiger partial charge in [0.2, 0.25) is 59.1 Å². The number of hydrogen-bond donors (Lipinski definition) is 14. The highest BCUT2D eigenvalue weighted by atomic mass is 32.2. The third-order valence-corrected chi connectivity index (χ3v) is 12.2. The molecule has 0 unspecified atom stereocenters. The van der Waals surface area contributed by atoms with Crippen molar-refractivity contribution >= 4 is 107 Å². The van der Waals surface area contributed by atoms with Crippen molar-refractivity contribution in [2.24, 2.45) is 22.2 Å². The summed E-state index contributed by atoms with van der Waals surface area (Å²) in [5, 5.41) is 32.2. The van der Waals surface area contributed by atoms with Crippen molar-refractivity contribution in [1.29, 1.82) is 0 Å². The standard InChI is InChI=1S/C41H63N13O12S3/c1-22-35(61)52-27(15-24-9-4-3-5-10-24)39(65)53-29(34(42)60)18-68-20-32(57)49-26(11-6-7-13-45-23(2)55)37(63)54-30(19-69-21-67)40(66)51-25(12-8-14-46-41(43)44)36(62)47-17-31(56)50-28(16-33(58)59)38(64)48-22/h3-5,9-10,22,25-30,67H,6-8,11-21H2,1-2H3,(H2,42,60)(H,45,55)(H,47,62)(H,48,64)(H,49,57)(H,50,56)(H,51,66)(H,52,61)(H,53,65)(H,54,63)(H,58,59)(H4,43,44,46)/t22-,25-,26-,27-,28-,29-,30-/m0/s1. The Morgan fingerprint density at radius 2 is 1.35 bits per heavy atom. The van der Waals surface area contributed by atoms with E-state index < -0.39 is 114 Å². The van der Waals surface area contributed by atoms with Crippen LogP contribution >= 0.6 is 36.2 Å². The van der Waals surface area contributed by atoms with Crippen LogP contribution in [-0.2, 0) is 59.2 Å². The van der Waals surface area contributed by atoms with E-state index in [9.17, 15) is 57.8 Å². The summed E-state index contributed by atoms with van der Waals surface area (Å²) >= 11 is 6.23.